The van der Waals surface area contributed by atoms with Crippen LogP contribution in [0.3, 0.4) is 0 Å². The highest BCUT2D eigenvalue weighted by Gasteiger charge is 2.20. The first-order valence-electron chi connectivity index (χ1n) is 7.68. The summed E-state index contributed by atoms with van der Waals surface area (Å²) in [5.41, 5.74) is 0. The van der Waals surface area contributed by atoms with Gasteiger partial charge in [0.1, 0.15) is 0 Å². The molecule has 1 rings (SSSR count). The zero-order valence-electron chi connectivity index (χ0n) is 11.9. The molecule has 2 N–H and O–H groups in total. The summed E-state index contributed by atoms with van der Waals surface area (Å²) in [5.74, 6) is 0. The molecular formula is C15H32ClN. The third-order valence-electron chi connectivity index (χ3n) is 4.01. The van der Waals surface area contributed by atoms with Crippen LogP contribution in [-0.2, 0) is 0 Å². The van der Waals surface area contributed by atoms with Gasteiger partial charge in [-0.05, 0) is 39.0 Å². The third kappa shape index (κ3) is 8.90. The van der Waals surface area contributed by atoms with Crippen LogP contribution in [0, 0.1) is 0 Å². The highest BCUT2D eigenvalue weighted by atomic mass is 35.5. The normalized spacial score (nSPS) is 24.4. The lowest BCUT2D eigenvalue weighted by Gasteiger charge is -2.25. The fraction of sp³-hybridized carbons (Fsp3) is 1.00. The van der Waals surface area contributed by atoms with Crippen molar-refractivity contribution in [2.24, 2.45) is 0 Å². The number of hydrogen-bond acceptors (Lipinski definition) is 0. The van der Waals surface area contributed by atoms with Gasteiger partial charge in [-0.3, -0.25) is 0 Å². The van der Waals surface area contributed by atoms with Crippen LogP contribution in [0.25, 0.3) is 0 Å². The lowest BCUT2D eigenvalue weighted by Crippen LogP contribution is -3.00. The predicted molar refractivity (Wildman–Crippen MR) is 71.6 cm³/mol. The minimum Gasteiger partial charge on any atom is -1.00 e. The van der Waals surface area contributed by atoms with Gasteiger partial charge in [0.2, 0.25) is 0 Å². The number of unbranched alkanes of at least 4 members (excludes halogenated alkanes) is 6. The highest BCUT2D eigenvalue weighted by molar-refractivity contribution is 4.63. The van der Waals surface area contributed by atoms with E-state index in [-0.39, 0.29) is 12.4 Å². The minimum atomic E-state index is 0. The van der Waals surface area contributed by atoms with Crippen LogP contribution < -0.4 is 17.7 Å². The van der Waals surface area contributed by atoms with E-state index in [0.717, 1.165) is 12.1 Å². The summed E-state index contributed by atoms with van der Waals surface area (Å²) in [4.78, 5) is 0. The average molecular weight is 262 g/mol. The van der Waals surface area contributed by atoms with E-state index in [1.165, 1.54) is 70.6 Å². The lowest BCUT2D eigenvalue weighted by atomic mass is 9.95. The quantitative estimate of drug-likeness (QED) is 0.618. The maximum absolute atomic E-state index is 2.63. The minimum absolute atomic E-state index is 0. The molecule has 0 spiro atoms. The summed E-state index contributed by atoms with van der Waals surface area (Å²) >= 11 is 0. The van der Waals surface area contributed by atoms with Crippen LogP contribution in [0.15, 0.2) is 0 Å². The Labute approximate surface area is 115 Å². The molecule has 0 aliphatic carbocycles. The molecule has 0 aromatic rings. The van der Waals surface area contributed by atoms with Gasteiger partial charge >= 0.3 is 0 Å². The molecule has 0 saturated carbocycles. The topological polar surface area (TPSA) is 16.6 Å². The molecule has 1 aliphatic rings. The van der Waals surface area contributed by atoms with E-state index < -0.39 is 0 Å². The second-order valence-electron chi connectivity index (χ2n) is 5.77. The van der Waals surface area contributed by atoms with E-state index in [9.17, 15) is 0 Å². The monoisotopic (exact) mass is 261 g/mol. The van der Waals surface area contributed by atoms with Crippen LogP contribution >= 0.6 is 0 Å². The molecule has 17 heavy (non-hydrogen) atoms. The highest BCUT2D eigenvalue weighted by Crippen LogP contribution is 2.13. The molecule has 0 aromatic carbocycles. The molecule has 2 heteroatoms. The van der Waals surface area contributed by atoms with Gasteiger partial charge in [0.25, 0.3) is 0 Å². The zero-order valence-corrected chi connectivity index (χ0v) is 12.6. The second kappa shape index (κ2) is 11.3. The first-order chi connectivity index (χ1) is 7.83. The molecule has 1 saturated heterocycles. The van der Waals surface area contributed by atoms with Gasteiger partial charge in [-0.1, -0.05) is 45.4 Å². The first kappa shape index (κ1) is 17.2. The van der Waals surface area contributed by atoms with Gasteiger partial charge in [0, 0.05) is 0 Å². The predicted octanol–water partition coefficient (Wildman–Crippen LogP) is 0.636. The summed E-state index contributed by atoms with van der Waals surface area (Å²) in [6, 6.07) is 1.85. The molecule has 1 fully saturated rings. The van der Waals surface area contributed by atoms with Gasteiger partial charge in [0.05, 0.1) is 12.1 Å². The summed E-state index contributed by atoms with van der Waals surface area (Å²) in [6.07, 6.45) is 16.0. The Morgan fingerprint density at radius 1 is 0.941 bits per heavy atom. The summed E-state index contributed by atoms with van der Waals surface area (Å²) < 4.78 is 0. The zero-order chi connectivity index (χ0) is 11.6. The molecule has 0 bridgehead atoms. The molecule has 1 nitrogen and oxygen atoms in total. The van der Waals surface area contributed by atoms with Crippen molar-refractivity contribution in [3.05, 3.63) is 0 Å². The number of hydrogen-bond donors (Lipinski definition) is 1. The molecule has 2 atom stereocenters. The van der Waals surface area contributed by atoms with Crippen molar-refractivity contribution in [3.63, 3.8) is 0 Å². The Bertz CT molecular complexity index is 161. The van der Waals surface area contributed by atoms with Gasteiger partial charge in [0.15, 0.2) is 0 Å². The van der Waals surface area contributed by atoms with E-state index in [1.54, 1.807) is 0 Å². The van der Waals surface area contributed by atoms with E-state index in [1.807, 2.05) is 0 Å². The van der Waals surface area contributed by atoms with Crippen molar-refractivity contribution >= 4 is 0 Å². The number of quaternary nitrogens is 1. The third-order valence-corrected chi connectivity index (χ3v) is 4.01. The first-order valence-corrected chi connectivity index (χ1v) is 7.68. The number of halogens is 1. The van der Waals surface area contributed by atoms with Crippen molar-refractivity contribution in [1.82, 2.24) is 0 Å². The second-order valence-corrected chi connectivity index (χ2v) is 5.77. The van der Waals surface area contributed by atoms with E-state index >= 15 is 0 Å². The Morgan fingerprint density at radius 3 is 2.24 bits per heavy atom. The van der Waals surface area contributed by atoms with Crippen LogP contribution in [-0.4, -0.2) is 12.1 Å². The molecule has 1 heterocycles. The molecule has 1 aliphatic heterocycles. The maximum Gasteiger partial charge on any atom is 0.0861 e. The Hall–Kier alpha value is 0.250. The van der Waals surface area contributed by atoms with E-state index in [0.29, 0.717) is 0 Å². The van der Waals surface area contributed by atoms with Crippen LogP contribution in [0.5, 0.6) is 0 Å². The SMILES string of the molecule is CCCCCCCCC[C@H]1CCC[C@@H](C)[NH2+]1.[Cl-]. The average Bonchev–Trinajstić information content (AvgIpc) is 2.28. The van der Waals surface area contributed by atoms with Crippen LogP contribution in [0.1, 0.15) is 84.5 Å². The molecule has 0 unspecified atom stereocenters. The van der Waals surface area contributed by atoms with Crippen molar-refractivity contribution in [2.45, 2.75) is 96.6 Å². The Balaban J connectivity index is 0.00000256. The van der Waals surface area contributed by atoms with Crippen molar-refractivity contribution in [2.75, 3.05) is 0 Å². The van der Waals surface area contributed by atoms with E-state index in [4.69, 9.17) is 0 Å². The molecule has 0 radical (unpaired) electrons. The van der Waals surface area contributed by atoms with Crippen molar-refractivity contribution < 1.29 is 17.7 Å². The molecular weight excluding hydrogens is 230 g/mol. The molecule has 0 aromatic heterocycles. The van der Waals surface area contributed by atoms with E-state index in [2.05, 4.69) is 19.2 Å². The van der Waals surface area contributed by atoms with Gasteiger partial charge in [-0.15, -0.1) is 0 Å². The fourth-order valence-corrected chi connectivity index (χ4v) is 2.96. The number of nitrogens with two attached hydrogens (primary N) is 1. The Morgan fingerprint density at radius 2 is 1.59 bits per heavy atom. The lowest BCUT2D eigenvalue weighted by molar-refractivity contribution is -0.727. The standard InChI is InChI=1S/C15H31N.ClH/c1-3-4-5-6-7-8-9-12-15-13-10-11-14(2)16-15;/h14-16H,3-13H2,1-2H3;1H/t14-,15+;/m1./s1. The fourth-order valence-electron chi connectivity index (χ4n) is 2.96. The van der Waals surface area contributed by atoms with Gasteiger partial charge < -0.3 is 17.7 Å². The number of piperidine rings is 1. The Kier molecular flexibility index (Phi) is 11.5. The smallest absolute Gasteiger partial charge is 0.0861 e. The van der Waals surface area contributed by atoms with Crippen molar-refractivity contribution in [1.29, 1.82) is 0 Å². The van der Waals surface area contributed by atoms with Gasteiger partial charge in [-0.25, -0.2) is 0 Å². The van der Waals surface area contributed by atoms with Crippen molar-refractivity contribution in [3.8, 4) is 0 Å². The summed E-state index contributed by atoms with van der Waals surface area (Å²) in [7, 11) is 0. The largest absolute Gasteiger partial charge is 1.00 e. The molecule has 104 valence electrons. The van der Waals surface area contributed by atoms with Gasteiger partial charge in [-0.2, -0.15) is 0 Å². The summed E-state index contributed by atoms with van der Waals surface area (Å²) in [6.45, 7) is 4.68. The van der Waals surface area contributed by atoms with Crippen LogP contribution in [0.4, 0.5) is 0 Å². The summed E-state index contributed by atoms with van der Waals surface area (Å²) in [5, 5.41) is 2.63. The van der Waals surface area contributed by atoms with Crippen LogP contribution in [0.2, 0.25) is 0 Å². The number of rotatable bonds is 8. The maximum atomic E-state index is 2.63. The molecule has 0 amide bonds.